The molecule has 0 atom stereocenters. The Morgan fingerprint density at radius 1 is 0.791 bits per heavy atom. The first kappa shape index (κ1) is 27.4. The standard InChI is InChI=1S/C34H32N2O7/c1-14-9-18-24-27-22(16(12-37)11-20(40)26(27)33(42)34(18)43-5)23-17(13-38)10-19(39)25-28(23)29(24)30-21(14)15(2)36(31(30)32(25)41)8-6-7-35(3)4/h9-11,37-39,42H,6-8,12-13H2,1-5H3. The van der Waals surface area contributed by atoms with E-state index >= 15 is 0 Å². The third-order valence-corrected chi connectivity index (χ3v) is 9.23. The van der Waals surface area contributed by atoms with Gasteiger partial charge in [-0.2, -0.15) is 0 Å². The minimum Gasteiger partial charge on any atom is -0.507 e. The molecule has 0 saturated carbocycles. The molecule has 7 aromatic rings. The van der Waals surface area contributed by atoms with Gasteiger partial charge in [0.25, 0.3) is 0 Å². The number of hydrogen-bond donors (Lipinski definition) is 4. The van der Waals surface area contributed by atoms with Crippen LogP contribution in [0.4, 0.5) is 0 Å². The van der Waals surface area contributed by atoms with Crippen molar-refractivity contribution >= 4 is 64.8 Å². The van der Waals surface area contributed by atoms with Crippen LogP contribution in [0.3, 0.4) is 0 Å². The molecule has 0 fully saturated rings. The monoisotopic (exact) mass is 580 g/mol. The molecule has 0 aliphatic rings. The third kappa shape index (κ3) is 3.32. The van der Waals surface area contributed by atoms with E-state index in [9.17, 15) is 30.0 Å². The van der Waals surface area contributed by atoms with Crippen molar-refractivity contribution in [3.63, 3.8) is 0 Å². The minimum atomic E-state index is -0.487. The second-order valence-corrected chi connectivity index (χ2v) is 11.8. The molecule has 0 spiro atoms. The number of fused-ring (bicyclic) bond motifs is 1. The molecule has 1 heterocycles. The highest BCUT2D eigenvalue weighted by molar-refractivity contribution is 6.45. The average Bonchev–Trinajstić information content (AvgIpc) is 3.18. The van der Waals surface area contributed by atoms with Gasteiger partial charge in [-0.1, -0.05) is 0 Å². The van der Waals surface area contributed by atoms with Crippen LogP contribution in [0.25, 0.3) is 64.8 Å². The first-order valence-corrected chi connectivity index (χ1v) is 14.3. The van der Waals surface area contributed by atoms with Crippen molar-refractivity contribution in [3.8, 4) is 17.2 Å². The zero-order valence-corrected chi connectivity index (χ0v) is 24.7. The van der Waals surface area contributed by atoms with Crippen molar-refractivity contribution in [1.29, 1.82) is 0 Å². The van der Waals surface area contributed by atoms with Crippen LogP contribution in [0.5, 0.6) is 17.2 Å². The molecule has 0 aliphatic carbocycles. The molecule has 7 rings (SSSR count). The molecule has 0 radical (unpaired) electrons. The molecule has 0 amide bonds. The number of aromatic hydroxyl groups is 2. The van der Waals surface area contributed by atoms with Crippen LogP contribution in [0.2, 0.25) is 0 Å². The van der Waals surface area contributed by atoms with Crippen LogP contribution in [0, 0.1) is 13.8 Å². The van der Waals surface area contributed by atoms with Gasteiger partial charge in [0, 0.05) is 49.9 Å². The number of rotatable bonds is 7. The molecule has 9 nitrogen and oxygen atoms in total. The van der Waals surface area contributed by atoms with Gasteiger partial charge in [0.1, 0.15) is 5.75 Å². The molecular formula is C34H32N2O7. The number of aliphatic hydroxyl groups is 2. The summed E-state index contributed by atoms with van der Waals surface area (Å²) in [7, 11) is 5.43. The van der Waals surface area contributed by atoms with E-state index in [1.807, 2.05) is 38.6 Å². The molecule has 0 unspecified atom stereocenters. The van der Waals surface area contributed by atoms with E-state index in [4.69, 9.17) is 4.74 Å². The molecular weight excluding hydrogens is 548 g/mol. The lowest BCUT2D eigenvalue weighted by Crippen LogP contribution is -2.17. The quantitative estimate of drug-likeness (QED) is 0.161. The fourth-order valence-corrected chi connectivity index (χ4v) is 7.62. The summed E-state index contributed by atoms with van der Waals surface area (Å²) in [5.74, 6) is -0.436. The number of ether oxygens (including phenoxy) is 1. The highest BCUT2D eigenvalue weighted by atomic mass is 16.5. The summed E-state index contributed by atoms with van der Waals surface area (Å²) in [6.45, 7) is 4.37. The van der Waals surface area contributed by atoms with Gasteiger partial charge in [-0.3, -0.25) is 9.59 Å². The van der Waals surface area contributed by atoms with Crippen molar-refractivity contribution < 1.29 is 25.2 Å². The SMILES string of the molecule is COc1c(O)c2c(=O)cc(CO)c3c4c(CO)cc(O)c5c(=O)c6c7c(c(C)cc1c(c23)c7c54)c(C)n6CCCN(C)C. The zero-order chi connectivity index (χ0) is 30.6. The Balaban J connectivity index is 1.94. The lowest BCUT2D eigenvalue weighted by molar-refractivity contribution is 0.282. The maximum absolute atomic E-state index is 14.6. The van der Waals surface area contributed by atoms with Crippen molar-refractivity contribution in [1.82, 2.24) is 9.47 Å². The van der Waals surface area contributed by atoms with Crippen LogP contribution >= 0.6 is 0 Å². The molecule has 0 bridgehead atoms. The summed E-state index contributed by atoms with van der Waals surface area (Å²) in [4.78, 5) is 30.3. The van der Waals surface area contributed by atoms with E-state index in [0.717, 1.165) is 29.6 Å². The smallest absolute Gasteiger partial charge is 0.214 e. The Kier molecular flexibility index (Phi) is 5.91. The largest absolute Gasteiger partial charge is 0.507 e. The number of phenolic OH excluding ortho intramolecular Hbond substituents is 2. The second-order valence-electron chi connectivity index (χ2n) is 11.8. The summed E-state index contributed by atoms with van der Waals surface area (Å²) in [5, 5.41) is 49.2. The summed E-state index contributed by atoms with van der Waals surface area (Å²) < 4.78 is 7.77. The maximum atomic E-state index is 14.6. The fourth-order valence-electron chi connectivity index (χ4n) is 7.62. The van der Waals surface area contributed by atoms with Crippen LogP contribution in [-0.4, -0.2) is 57.6 Å². The number of hydrogen-bond acceptors (Lipinski definition) is 8. The van der Waals surface area contributed by atoms with E-state index in [1.54, 1.807) is 0 Å². The summed E-state index contributed by atoms with van der Waals surface area (Å²) in [6.07, 6.45) is 0.790. The maximum Gasteiger partial charge on any atom is 0.214 e. The van der Waals surface area contributed by atoms with Gasteiger partial charge in [0.05, 0.1) is 36.6 Å². The number of nitrogens with zero attached hydrogens (tertiary/aromatic N) is 2. The Hall–Kier alpha value is -4.44. The predicted octanol–water partition coefficient (Wildman–Crippen LogP) is 4.41. The number of benzene rings is 5. The Morgan fingerprint density at radius 3 is 2.05 bits per heavy atom. The van der Waals surface area contributed by atoms with Gasteiger partial charge in [-0.15, -0.1) is 0 Å². The highest BCUT2D eigenvalue weighted by Gasteiger charge is 2.31. The topological polar surface area (TPSA) is 132 Å². The van der Waals surface area contributed by atoms with Crippen molar-refractivity contribution in [2.24, 2.45) is 0 Å². The number of aryl methyl sites for hydroxylation is 3. The summed E-state index contributed by atoms with van der Waals surface area (Å²) >= 11 is 0. The second kappa shape index (κ2) is 9.28. The van der Waals surface area contributed by atoms with Crippen LogP contribution < -0.4 is 15.6 Å². The van der Waals surface area contributed by atoms with E-state index in [2.05, 4.69) is 4.90 Å². The van der Waals surface area contributed by atoms with E-state index in [-0.39, 0.29) is 33.4 Å². The number of methoxy groups -OCH3 is 1. The summed E-state index contributed by atoms with van der Waals surface area (Å²) in [5.41, 5.74) is 2.02. The zero-order valence-electron chi connectivity index (χ0n) is 24.7. The van der Waals surface area contributed by atoms with Crippen molar-refractivity contribution in [2.45, 2.75) is 40.0 Å². The molecule has 0 saturated heterocycles. The van der Waals surface area contributed by atoms with E-state index in [1.165, 1.54) is 19.2 Å². The average molecular weight is 581 g/mol. The van der Waals surface area contributed by atoms with Crippen molar-refractivity contribution in [3.05, 3.63) is 61.0 Å². The number of phenols is 2. The molecule has 9 heteroatoms. The normalized spacial score (nSPS) is 12.7. The van der Waals surface area contributed by atoms with Crippen LogP contribution in [0.15, 0.2) is 27.8 Å². The van der Waals surface area contributed by atoms with E-state index in [0.29, 0.717) is 66.3 Å². The minimum absolute atomic E-state index is 0.0366. The Morgan fingerprint density at radius 2 is 1.42 bits per heavy atom. The predicted molar refractivity (Wildman–Crippen MR) is 170 cm³/mol. The highest BCUT2D eigenvalue weighted by Crippen LogP contribution is 2.54. The Labute approximate surface area is 245 Å². The first-order chi connectivity index (χ1) is 20.6. The van der Waals surface area contributed by atoms with Crippen molar-refractivity contribution in [2.75, 3.05) is 27.7 Å². The molecule has 4 N–H and O–H groups in total. The lowest BCUT2D eigenvalue weighted by Gasteiger charge is -2.21. The number of aliphatic hydroxyl groups excluding tert-OH is 2. The molecule has 43 heavy (non-hydrogen) atoms. The lowest BCUT2D eigenvalue weighted by atomic mass is 9.83. The van der Waals surface area contributed by atoms with Gasteiger partial charge in [0.15, 0.2) is 16.9 Å². The summed E-state index contributed by atoms with van der Waals surface area (Å²) in [6, 6.07) is 4.58. The first-order valence-electron chi connectivity index (χ1n) is 14.3. The van der Waals surface area contributed by atoms with Crippen LogP contribution in [-0.2, 0) is 19.8 Å². The van der Waals surface area contributed by atoms with Gasteiger partial charge in [0.2, 0.25) is 5.43 Å². The van der Waals surface area contributed by atoms with Gasteiger partial charge in [-0.25, -0.2) is 0 Å². The van der Waals surface area contributed by atoms with Gasteiger partial charge < -0.3 is 34.6 Å². The van der Waals surface area contributed by atoms with Gasteiger partial charge >= 0.3 is 0 Å². The molecule has 220 valence electrons. The van der Waals surface area contributed by atoms with Gasteiger partial charge in [-0.05, 0) is 86.6 Å². The molecule has 1 aromatic heterocycles. The molecule has 6 aromatic carbocycles. The molecule has 0 aliphatic heterocycles. The Bertz CT molecular complexity index is 2390. The van der Waals surface area contributed by atoms with E-state index < -0.39 is 18.6 Å². The number of aromatic nitrogens is 1. The van der Waals surface area contributed by atoms with Crippen LogP contribution in [0.1, 0.15) is 28.8 Å². The fraction of sp³-hybridized carbons (Fsp3) is 0.294. The third-order valence-electron chi connectivity index (χ3n) is 9.23.